The van der Waals surface area contributed by atoms with Gasteiger partial charge in [-0.15, -0.1) is 12.3 Å². The van der Waals surface area contributed by atoms with Crippen molar-refractivity contribution in [2.24, 2.45) is 0 Å². The minimum Gasteiger partial charge on any atom is -0.361 e. The Morgan fingerprint density at radius 2 is 2.18 bits per heavy atom. The van der Waals surface area contributed by atoms with E-state index in [2.05, 4.69) is 40.5 Å². The third kappa shape index (κ3) is 3.12. The number of benzene rings is 1. The largest absolute Gasteiger partial charge is 0.361 e. The van der Waals surface area contributed by atoms with E-state index in [1.165, 1.54) is 16.5 Å². The summed E-state index contributed by atoms with van der Waals surface area (Å²) in [4.78, 5) is 3.28. The fourth-order valence-corrected chi connectivity index (χ4v) is 2.00. The Morgan fingerprint density at radius 3 is 3.06 bits per heavy atom. The zero-order chi connectivity index (χ0) is 11.9. The van der Waals surface area contributed by atoms with Crippen molar-refractivity contribution >= 4 is 10.9 Å². The van der Waals surface area contributed by atoms with Crippen LogP contribution in [0.5, 0.6) is 0 Å². The highest BCUT2D eigenvalue weighted by Crippen LogP contribution is 2.16. The number of hydrogen-bond acceptors (Lipinski definition) is 1. The number of fused-ring (bicyclic) bond motifs is 1. The Hall–Kier alpha value is -1.72. The second-order valence-electron chi connectivity index (χ2n) is 4.20. The first-order valence-electron chi connectivity index (χ1n) is 6.11. The van der Waals surface area contributed by atoms with Gasteiger partial charge in [-0.2, -0.15) is 0 Å². The van der Waals surface area contributed by atoms with Crippen LogP contribution < -0.4 is 5.32 Å². The highest BCUT2D eigenvalue weighted by molar-refractivity contribution is 5.82. The van der Waals surface area contributed by atoms with Gasteiger partial charge in [0.15, 0.2) is 0 Å². The minimum absolute atomic E-state index is 0.883. The van der Waals surface area contributed by atoms with Crippen LogP contribution >= 0.6 is 0 Å². The number of terminal acetylenes is 1. The van der Waals surface area contributed by atoms with Crippen molar-refractivity contribution in [2.75, 3.05) is 6.54 Å². The van der Waals surface area contributed by atoms with Gasteiger partial charge in [0.25, 0.3) is 0 Å². The number of hydrogen-bond donors (Lipinski definition) is 2. The van der Waals surface area contributed by atoms with E-state index in [-0.39, 0.29) is 0 Å². The minimum atomic E-state index is 0.883. The summed E-state index contributed by atoms with van der Waals surface area (Å²) in [6, 6.07) is 8.49. The molecule has 0 fully saturated rings. The topological polar surface area (TPSA) is 27.8 Å². The first-order chi connectivity index (χ1) is 8.42. The molecule has 0 spiro atoms. The smallest absolute Gasteiger partial charge is 0.0499 e. The van der Waals surface area contributed by atoms with Crippen LogP contribution in [0.1, 0.15) is 24.8 Å². The van der Waals surface area contributed by atoms with E-state index < -0.39 is 0 Å². The lowest BCUT2D eigenvalue weighted by atomic mass is 10.1. The molecule has 0 aliphatic carbocycles. The first-order valence-corrected chi connectivity index (χ1v) is 6.11. The van der Waals surface area contributed by atoms with E-state index in [4.69, 9.17) is 6.42 Å². The van der Waals surface area contributed by atoms with Crippen LogP contribution in [0, 0.1) is 12.3 Å². The number of aromatic nitrogens is 1. The van der Waals surface area contributed by atoms with Gasteiger partial charge in [-0.05, 0) is 36.4 Å². The van der Waals surface area contributed by atoms with E-state index >= 15 is 0 Å². The van der Waals surface area contributed by atoms with Gasteiger partial charge in [0.2, 0.25) is 0 Å². The van der Waals surface area contributed by atoms with Crippen LogP contribution in [0.3, 0.4) is 0 Å². The molecule has 2 nitrogen and oxygen atoms in total. The molecule has 2 aromatic rings. The molecule has 2 rings (SSSR count). The lowest BCUT2D eigenvalue weighted by molar-refractivity contribution is 0.631. The van der Waals surface area contributed by atoms with E-state index in [0.717, 1.165) is 32.4 Å². The van der Waals surface area contributed by atoms with Crippen LogP contribution in [0.25, 0.3) is 10.9 Å². The third-order valence-electron chi connectivity index (χ3n) is 2.91. The maximum atomic E-state index is 5.21. The van der Waals surface area contributed by atoms with Gasteiger partial charge in [-0.25, -0.2) is 0 Å². The summed E-state index contributed by atoms with van der Waals surface area (Å²) in [6.45, 7) is 1.94. The van der Waals surface area contributed by atoms with Crippen molar-refractivity contribution in [1.82, 2.24) is 10.3 Å². The molecule has 0 atom stereocenters. The van der Waals surface area contributed by atoms with Gasteiger partial charge in [0.05, 0.1) is 0 Å². The fraction of sp³-hybridized carbons (Fsp3) is 0.333. The summed E-state index contributed by atoms with van der Waals surface area (Å²) in [5.41, 5.74) is 2.56. The molecule has 0 radical (unpaired) electrons. The lowest BCUT2D eigenvalue weighted by Gasteiger charge is -2.05. The van der Waals surface area contributed by atoms with Gasteiger partial charge < -0.3 is 10.3 Å². The Bertz CT molecular complexity index is 505. The zero-order valence-corrected chi connectivity index (χ0v) is 10.00. The SMILES string of the molecule is C#CCCCCNCc1cccc2cc[nH]c12. The number of para-hydroxylation sites is 1. The molecular weight excluding hydrogens is 208 g/mol. The van der Waals surface area contributed by atoms with E-state index in [9.17, 15) is 0 Å². The Morgan fingerprint density at radius 1 is 1.24 bits per heavy atom. The highest BCUT2D eigenvalue weighted by Gasteiger charge is 2.00. The van der Waals surface area contributed by atoms with Crippen molar-refractivity contribution in [1.29, 1.82) is 0 Å². The number of aromatic amines is 1. The summed E-state index contributed by atoms with van der Waals surface area (Å²) in [5.74, 6) is 2.66. The highest BCUT2D eigenvalue weighted by atomic mass is 14.8. The standard InChI is InChI=1S/C15H18N2/c1-2-3-4-5-10-16-12-14-8-6-7-13-9-11-17-15(13)14/h1,6-9,11,16-17H,3-5,10,12H2. The molecule has 1 aromatic carbocycles. The third-order valence-corrected chi connectivity index (χ3v) is 2.91. The Kier molecular flexibility index (Phi) is 4.23. The van der Waals surface area contributed by atoms with Crippen LogP contribution in [0.4, 0.5) is 0 Å². The predicted molar refractivity (Wildman–Crippen MR) is 72.7 cm³/mol. The second-order valence-corrected chi connectivity index (χ2v) is 4.20. The molecule has 1 heterocycles. The Balaban J connectivity index is 1.83. The van der Waals surface area contributed by atoms with Crippen LogP contribution in [-0.2, 0) is 6.54 Å². The molecule has 0 saturated carbocycles. The number of unbranched alkanes of at least 4 members (excludes halogenated alkanes) is 2. The van der Waals surface area contributed by atoms with Crippen molar-refractivity contribution in [3.63, 3.8) is 0 Å². The summed E-state index contributed by atoms with van der Waals surface area (Å²) < 4.78 is 0. The average molecular weight is 226 g/mol. The molecule has 0 bridgehead atoms. The molecule has 88 valence electrons. The van der Waals surface area contributed by atoms with Gasteiger partial charge in [-0.1, -0.05) is 18.2 Å². The predicted octanol–water partition coefficient (Wildman–Crippen LogP) is 3.06. The summed E-state index contributed by atoms with van der Waals surface area (Å²) in [5, 5.41) is 4.73. The van der Waals surface area contributed by atoms with Crippen LogP contribution in [0.2, 0.25) is 0 Å². The molecule has 0 aliphatic heterocycles. The number of rotatable bonds is 6. The van der Waals surface area contributed by atoms with Crippen molar-refractivity contribution in [3.05, 3.63) is 36.0 Å². The summed E-state index contributed by atoms with van der Waals surface area (Å²) in [6.07, 6.45) is 10.3. The van der Waals surface area contributed by atoms with Gasteiger partial charge in [0.1, 0.15) is 0 Å². The molecule has 0 unspecified atom stereocenters. The molecule has 1 aromatic heterocycles. The molecule has 0 saturated heterocycles. The van der Waals surface area contributed by atoms with Crippen molar-refractivity contribution in [2.45, 2.75) is 25.8 Å². The second kappa shape index (κ2) is 6.12. The fourth-order valence-electron chi connectivity index (χ4n) is 2.00. The first kappa shape index (κ1) is 11.8. The van der Waals surface area contributed by atoms with Crippen LogP contribution in [0.15, 0.2) is 30.5 Å². The number of nitrogens with one attached hydrogen (secondary N) is 2. The monoisotopic (exact) mass is 226 g/mol. The number of H-pyrrole nitrogens is 1. The van der Waals surface area contributed by atoms with E-state index in [1.807, 2.05) is 6.20 Å². The maximum Gasteiger partial charge on any atom is 0.0499 e. The van der Waals surface area contributed by atoms with Gasteiger partial charge in [0, 0.05) is 24.7 Å². The van der Waals surface area contributed by atoms with Crippen LogP contribution in [-0.4, -0.2) is 11.5 Å². The average Bonchev–Trinajstić information content (AvgIpc) is 2.82. The lowest BCUT2D eigenvalue weighted by Crippen LogP contribution is -2.14. The van der Waals surface area contributed by atoms with Gasteiger partial charge in [-0.3, -0.25) is 0 Å². The van der Waals surface area contributed by atoms with E-state index in [0.29, 0.717) is 0 Å². The molecule has 2 N–H and O–H groups in total. The Labute approximate surface area is 102 Å². The van der Waals surface area contributed by atoms with Crippen molar-refractivity contribution in [3.8, 4) is 12.3 Å². The maximum absolute atomic E-state index is 5.21. The molecule has 0 amide bonds. The molecule has 2 heteroatoms. The van der Waals surface area contributed by atoms with Gasteiger partial charge >= 0.3 is 0 Å². The zero-order valence-electron chi connectivity index (χ0n) is 10.00. The van der Waals surface area contributed by atoms with E-state index in [1.54, 1.807) is 0 Å². The normalized spacial score (nSPS) is 10.5. The molecule has 17 heavy (non-hydrogen) atoms. The summed E-state index contributed by atoms with van der Waals surface area (Å²) >= 11 is 0. The molecular formula is C15H18N2. The van der Waals surface area contributed by atoms with Crippen molar-refractivity contribution < 1.29 is 0 Å². The quantitative estimate of drug-likeness (QED) is 0.575. The molecule has 0 aliphatic rings. The summed E-state index contributed by atoms with van der Waals surface area (Å²) in [7, 11) is 0.